The minimum atomic E-state index is -0.794. The van der Waals surface area contributed by atoms with Crippen LogP contribution in [0.15, 0.2) is 34.9 Å². The standard InChI is InChI=1S/C22H23F2N13O2/c23-13-10-14(24)17(39-12-18-30-33-34-31-18)11-15(13)36-7-5-35(6-8-36)4-3-26-21-28-20(25)37-22(29-21)27-19(32-37)16-2-1-9-38-16/h1-2,9-11H,3-8,12H2,(H,30,31,33,34)(H3,25,26,27,28,29,32). The molecule has 0 radical (unpaired) electrons. The van der Waals surface area contributed by atoms with E-state index in [4.69, 9.17) is 14.9 Å². The molecule has 1 saturated heterocycles. The van der Waals surface area contributed by atoms with Crippen molar-refractivity contribution >= 4 is 23.4 Å². The van der Waals surface area contributed by atoms with Crippen molar-refractivity contribution in [2.75, 3.05) is 55.2 Å². The quantitative estimate of drug-likeness (QED) is 0.242. The average molecular weight is 540 g/mol. The minimum absolute atomic E-state index is 0.0691. The number of nitrogens with zero attached hydrogens (tertiary/aromatic N) is 10. The molecule has 0 aliphatic carbocycles. The molecule has 1 aliphatic heterocycles. The maximum Gasteiger partial charge on any atom is 0.259 e. The first-order chi connectivity index (χ1) is 19.0. The number of rotatable bonds is 9. The summed E-state index contributed by atoms with van der Waals surface area (Å²) in [6.45, 7) is 3.64. The number of aromatic nitrogens is 9. The van der Waals surface area contributed by atoms with E-state index in [1.54, 1.807) is 12.1 Å². The molecule has 1 aliphatic rings. The third kappa shape index (κ3) is 5.24. The number of fused-ring (bicyclic) bond motifs is 1. The molecular formula is C22H23F2N13O2. The van der Waals surface area contributed by atoms with Gasteiger partial charge in [-0.3, -0.25) is 4.90 Å². The number of tetrazole rings is 1. The molecule has 0 bridgehead atoms. The lowest BCUT2D eigenvalue weighted by Gasteiger charge is -2.36. The molecule has 0 saturated carbocycles. The number of nitrogens with one attached hydrogen (secondary N) is 2. The number of halogens is 2. The Bertz CT molecular complexity index is 1550. The van der Waals surface area contributed by atoms with Gasteiger partial charge in [0.15, 0.2) is 23.2 Å². The molecular weight excluding hydrogens is 516 g/mol. The van der Waals surface area contributed by atoms with E-state index in [0.717, 1.165) is 6.07 Å². The maximum absolute atomic E-state index is 14.6. The van der Waals surface area contributed by atoms with E-state index in [1.807, 2.05) is 4.90 Å². The van der Waals surface area contributed by atoms with E-state index >= 15 is 0 Å². The SMILES string of the molecule is Nc1nc(NCCN2CCN(c3cc(OCc4nnn[nH]4)c(F)cc3F)CC2)nc2nc(-c3ccco3)nn12. The molecule has 6 rings (SSSR count). The molecule has 202 valence electrons. The van der Waals surface area contributed by atoms with E-state index in [2.05, 4.69) is 50.9 Å². The normalized spacial score (nSPS) is 14.3. The number of hydrogen-bond acceptors (Lipinski definition) is 13. The topological polar surface area (TPSA) is 177 Å². The zero-order valence-electron chi connectivity index (χ0n) is 20.5. The molecule has 0 unspecified atom stereocenters. The summed E-state index contributed by atoms with van der Waals surface area (Å²) in [7, 11) is 0. The Labute approximate surface area is 219 Å². The van der Waals surface area contributed by atoms with Crippen molar-refractivity contribution in [3.05, 3.63) is 48.0 Å². The van der Waals surface area contributed by atoms with Crippen LogP contribution in [0.2, 0.25) is 0 Å². The Morgan fingerprint density at radius 2 is 1.97 bits per heavy atom. The first-order valence-electron chi connectivity index (χ1n) is 12.0. The molecule has 1 aromatic carbocycles. The second-order valence-corrected chi connectivity index (χ2v) is 8.66. The van der Waals surface area contributed by atoms with E-state index in [1.165, 1.54) is 16.8 Å². The first-order valence-corrected chi connectivity index (χ1v) is 12.0. The Balaban J connectivity index is 1.03. The summed E-state index contributed by atoms with van der Waals surface area (Å²) in [6.07, 6.45) is 1.53. The monoisotopic (exact) mass is 539 g/mol. The van der Waals surface area contributed by atoms with Crippen molar-refractivity contribution in [3.63, 3.8) is 0 Å². The van der Waals surface area contributed by atoms with Gasteiger partial charge in [-0.2, -0.15) is 19.5 Å². The number of nitrogen functional groups attached to an aromatic ring is 1. The summed E-state index contributed by atoms with van der Waals surface area (Å²) < 4.78 is 41.0. The van der Waals surface area contributed by atoms with Gasteiger partial charge in [0.05, 0.1) is 12.0 Å². The van der Waals surface area contributed by atoms with E-state index in [-0.39, 0.29) is 24.0 Å². The Hall–Kier alpha value is -4.93. The van der Waals surface area contributed by atoms with E-state index in [9.17, 15) is 8.78 Å². The van der Waals surface area contributed by atoms with Crippen LogP contribution in [0, 0.1) is 11.6 Å². The summed E-state index contributed by atoms with van der Waals surface area (Å²) in [6, 6.07) is 5.68. The molecule has 0 atom stereocenters. The lowest BCUT2D eigenvalue weighted by atomic mass is 10.2. The Morgan fingerprint density at radius 1 is 1.10 bits per heavy atom. The summed E-state index contributed by atoms with van der Waals surface area (Å²) in [5.74, 6) is 0.448. The van der Waals surface area contributed by atoms with Gasteiger partial charge in [0.25, 0.3) is 5.78 Å². The summed E-state index contributed by atoms with van der Waals surface area (Å²) in [5.41, 5.74) is 6.31. The van der Waals surface area contributed by atoms with Crippen molar-refractivity contribution < 1.29 is 17.9 Å². The highest BCUT2D eigenvalue weighted by molar-refractivity contribution is 5.54. The molecule has 4 N–H and O–H groups in total. The lowest BCUT2D eigenvalue weighted by molar-refractivity contribution is 0.265. The molecule has 39 heavy (non-hydrogen) atoms. The average Bonchev–Trinajstić information content (AvgIpc) is 3.71. The number of furan rings is 1. The third-order valence-corrected chi connectivity index (χ3v) is 6.15. The predicted molar refractivity (Wildman–Crippen MR) is 133 cm³/mol. The second kappa shape index (κ2) is 10.4. The van der Waals surface area contributed by atoms with Crippen molar-refractivity contribution in [2.45, 2.75) is 6.61 Å². The highest BCUT2D eigenvalue weighted by atomic mass is 19.1. The predicted octanol–water partition coefficient (Wildman–Crippen LogP) is 0.966. The number of nitrogens with two attached hydrogens (primary N) is 1. The van der Waals surface area contributed by atoms with Crippen LogP contribution in [-0.2, 0) is 6.61 Å². The van der Waals surface area contributed by atoms with Crippen LogP contribution < -0.4 is 20.7 Å². The fourth-order valence-corrected chi connectivity index (χ4v) is 4.19. The lowest BCUT2D eigenvalue weighted by Crippen LogP contribution is -2.48. The first kappa shape index (κ1) is 24.4. The number of anilines is 3. The van der Waals surface area contributed by atoms with Crippen LogP contribution >= 0.6 is 0 Å². The number of benzene rings is 1. The summed E-state index contributed by atoms with van der Waals surface area (Å²) in [4.78, 5) is 17.1. The van der Waals surface area contributed by atoms with Crippen LogP contribution in [0.4, 0.5) is 26.4 Å². The van der Waals surface area contributed by atoms with Gasteiger partial charge in [0, 0.05) is 51.4 Å². The highest BCUT2D eigenvalue weighted by Gasteiger charge is 2.22. The summed E-state index contributed by atoms with van der Waals surface area (Å²) in [5, 5.41) is 20.5. The largest absolute Gasteiger partial charge is 0.482 e. The molecule has 5 heterocycles. The number of piperazine rings is 1. The molecule has 15 nitrogen and oxygen atoms in total. The fourth-order valence-electron chi connectivity index (χ4n) is 4.19. The molecule has 0 spiro atoms. The number of ether oxygens (including phenoxy) is 1. The Kier molecular flexibility index (Phi) is 6.54. The van der Waals surface area contributed by atoms with Gasteiger partial charge in [-0.25, -0.2) is 13.9 Å². The van der Waals surface area contributed by atoms with Gasteiger partial charge < -0.3 is 25.1 Å². The zero-order valence-corrected chi connectivity index (χ0v) is 20.5. The van der Waals surface area contributed by atoms with Gasteiger partial charge >= 0.3 is 0 Å². The van der Waals surface area contributed by atoms with Crippen molar-refractivity contribution in [3.8, 4) is 17.3 Å². The maximum atomic E-state index is 14.6. The van der Waals surface area contributed by atoms with Crippen molar-refractivity contribution in [1.29, 1.82) is 0 Å². The van der Waals surface area contributed by atoms with Gasteiger partial charge in [0.1, 0.15) is 12.4 Å². The summed E-state index contributed by atoms with van der Waals surface area (Å²) >= 11 is 0. The van der Waals surface area contributed by atoms with E-state index < -0.39 is 11.6 Å². The zero-order chi connectivity index (χ0) is 26.8. The van der Waals surface area contributed by atoms with Crippen LogP contribution in [0.5, 0.6) is 5.75 Å². The van der Waals surface area contributed by atoms with Gasteiger partial charge in [-0.1, -0.05) is 0 Å². The van der Waals surface area contributed by atoms with E-state index in [0.29, 0.717) is 68.4 Å². The fraction of sp³-hybridized carbons (Fsp3) is 0.318. The molecule has 0 amide bonds. The van der Waals surface area contributed by atoms with Crippen LogP contribution in [0.25, 0.3) is 17.4 Å². The van der Waals surface area contributed by atoms with Crippen molar-refractivity contribution in [1.82, 2.24) is 50.1 Å². The minimum Gasteiger partial charge on any atom is -0.482 e. The molecule has 4 aromatic heterocycles. The molecule has 17 heteroatoms. The number of hydrogen-bond donors (Lipinski definition) is 3. The van der Waals surface area contributed by atoms with Crippen LogP contribution in [0.1, 0.15) is 5.82 Å². The van der Waals surface area contributed by atoms with Crippen molar-refractivity contribution in [2.24, 2.45) is 0 Å². The number of H-pyrrole nitrogens is 1. The van der Waals surface area contributed by atoms with Gasteiger partial charge in [0.2, 0.25) is 17.7 Å². The Morgan fingerprint density at radius 3 is 2.74 bits per heavy atom. The smallest absolute Gasteiger partial charge is 0.259 e. The van der Waals surface area contributed by atoms with Crippen LogP contribution in [-0.4, -0.2) is 89.4 Å². The number of aromatic amines is 1. The second-order valence-electron chi connectivity index (χ2n) is 8.66. The highest BCUT2D eigenvalue weighted by Crippen LogP contribution is 2.29. The van der Waals surface area contributed by atoms with Gasteiger partial charge in [-0.05, 0) is 22.6 Å². The molecule has 5 aromatic rings. The third-order valence-electron chi connectivity index (χ3n) is 6.15. The van der Waals surface area contributed by atoms with Gasteiger partial charge in [-0.15, -0.1) is 10.2 Å². The van der Waals surface area contributed by atoms with Crippen LogP contribution in [0.3, 0.4) is 0 Å². The molecule has 1 fully saturated rings.